The second-order valence-corrected chi connectivity index (χ2v) is 8.03. The Morgan fingerprint density at radius 1 is 1.07 bits per heavy atom. The van der Waals surface area contributed by atoms with Crippen LogP contribution in [0.5, 0.6) is 0 Å². The first-order chi connectivity index (χ1) is 13.2. The maximum atomic E-state index is 12.8. The molecule has 6 heteroatoms. The highest BCUT2D eigenvalue weighted by molar-refractivity contribution is 7.13. The van der Waals surface area contributed by atoms with E-state index in [1.54, 1.807) is 22.7 Å². The first-order valence-electron chi connectivity index (χ1n) is 8.58. The molecular formula is C21H18N2O2S2. The van der Waals surface area contributed by atoms with Crippen LogP contribution in [0.4, 0.5) is 0 Å². The van der Waals surface area contributed by atoms with E-state index in [1.165, 1.54) is 0 Å². The third-order valence-corrected chi connectivity index (χ3v) is 6.01. The predicted octanol–water partition coefficient (Wildman–Crippen LogP) is 5.22. The van der Waals surface area contributed by atoms with E-state index < -0.39 is 0 Å². The minimum atomic E-state index is -0.164. The highest BCUT2D eigenvalue weighted by Crippen LogP contribution is 2.28. The van der Waals surface area contributed by atoms with E-state index >= 15 is 0 Å². The Balaban J connectivity index is 1.52. The summed E-state index contributed by atoms with van der Waals surface area (Å²) in [6.07, 6.45) is 0.190. The monoisotopic (exact) mass is 394 g/mol. The average Bonchev–Trinajstić information content (AvgIpc) is 3.43. The lowest BCUT2D eigenvalue weighted by atomic mass is 10.1. The van der Waals surface area contributed by atoms with E-state index in [9.17, 15) is 4.79 Å². The molecule has 0 aliphatic carbocycles. The zero-order valence-corrected chi connectivity index (χ0v) is 16.3. The first kappa shape index (κ1) is 17.7. The van der Waals surface area contributed by atoms with Crippen LogP contribution in [-0.2, 0) is 11.2 Å². The second-order valence-electron chi connectivity index (χ2n) is 6.10. The number of carbonyl (C=O) groups is 1. The minimum Gasteiger partial charge on any atom is -0.440 e. The molecule has 1 amide bonds. The zero-order valence-electron chi connectivity index (χ0n) is 14.7. The smallest absolute Gasteiger partial charge is 0.236 e. The molecule has 1 N–H and O–H groups in total. The summed E-state index contributed by atoms with van der Waals surface area (Å²) in [6.45, 7) is 1.85. The van der Waals surface area contributed by atoms with Crippen LogP contribution in [0.2, 0.25) is 0 Å². The standard InChI is InChI=1S/C21H18N2O2S2/c1-14-16(22-21(25-14)18-10-6-12-27-18)13-19(24)23-20(17-9-5-11-26-17)15-7-3-2-4-8-15/h2-12,20H,13H2,1H3,(H,23,24). The fourth-order valence-electron chi connectivity index (χ4n) is 2.88. The van der Waals surface area contributed by atoms with Crippen molar-refractivity contribution in [1.82, 2.24) is 10.3 Å². The van der Waals surface area contributed by atoms with Gasteiger partial charge >= 0.3 is 0 Å². The third kappa shape index (κ3) is 4.02. The Bertz CT molecular complexity index is 1010. The predicted molar refractivity (Wildman–Crippen MR) is 109 cm³/mol. The molecule has 4 rings (SSSR count). The first-order valence-corrected chi connectivity index (χ1v) is 10.3. The van der Waals surface area contributed by atoms with Crippen molar-refractivity contribution < 1.29 is 9.21 Å². The number of aromatic nitrogens is 1. The Kier molecular flexibility index (Phi) is 5.18. The van der Waals surface area contributed by atoms with Gasteiger partial charge in [0.1, 0.15) is 5.76 Å². The van der Waals surface area contributed by atoms with E-state index in [0.29, 0.717) is 17.3 Å². The van der Waals surface area contributed by atoms with Crippen molar-refractivity contribution in [3.63, 3.8) is 0 Å². The van der Waals surface area contributed by atoms with Crippen LogP contribution in [0, 0.1) is 6.92 Å². The van der Waals surface area contributed by atoms with Crippen LogP contribution in [0.1, 0.15) is 27.9 Å². The molecule has 0 radical (unpaired) electrons. The van der Waals surface area contributed by atoms with Crippen LogP contribution >= 0.6 is 22.7 Å². The van der Waals surface area contributed by atoms with Gasteiger partial charge in [0.25, 0.3) is 0 Å². The summed E-state index contributed by atoms with van der Waals surface area (Å²) in [5, 5.41) is 7.15. The van der Waals surface area contributed by atoms with Gasteiger partial charge in [0, 0.05) is 4.88 Å². The maximum Gasteiger partial charge on any atom is 0.236 e. The lowest BCUT2D eigenvalue weighted by Crippen LogP contribution is -2.30. The van der Waals surface area contributed by atoms with Crippen molar-refractivity contribution in [1.29, 1.82) is 0 Å². The topological polar surface area (TPSA) is 55.1 Å². The molecule has 1 atom stereocenters. The minimum absolute atomic E-state index is 0.0774. The molecule has 4 nitrogen and oxygen atoms in total. The Morgan fingerprint density at radius 3 is 2.56 bits per heavy atom. The highest BCUT2D eigenvalue weighted by Gasteiger charge is 2.20. The van der Waals surface area contributed by atoms with Crippen molar-refractivity contribution in [2.24, 2.45) is 0 Å². The Labute approximate surface area is 165 Å². The van der Waals surface area contributed by atoms with Crippen LogP contribution in [0.15, 0.2) is 69.8 Å². The molecule has 3 heterocycles. The molecule has 27 heavy (non-hydrogen) atoms. The number of nitrogens with zero attached hydrogens (tertiary/aromatic N) is 1. The summed E-state index contributed by atoms with van der Waals surface area (Å²) in [5.41, 5.74) is 1.73. The number of thiophene rings is 2. The van der Waals surface area contributed by atoms with Crippen LogP contribution in [0.3, 0.4) is 0 Å². The SMILES string of the molecule is Cc1oc(-c2cccs2)nc1CC(=O)NC(c1ccccc1)c1cccs1. The van der Waals surface area contributed by atoms with Gasteiger partial charge in [-0.15, -0.1) is 22.7 Å². The lowest BCUT2D eigenvalue weighted by molar-refractivity contribution is -0.121. The van der Waals surface area contributed by atoms with E-state index in [2.05, 4.69) is 10.3 Å². The summed E-state index contributed by atoms with van der Waals surface area (Å²) in [6, 6.07) is 17.8. The number of nitrogens with one attached hydrogen (secondary N) is 1. The van der Waals surface area contributed by atoms with Crippen molar-refractivity contribution in [3.05, 3.63) is 87.3 Å². The fraction of sp³-hybridized carbons (Fsp3) is 0.143. The molecule has 1 aromatic carbocycles. The number of oxazole rings is 1. The summed E-state index contributed by atoms with van der Waals surface area (Å²) in [5.74, 6) is 1.18. The molecule has 1 unspecified atom stereocenters. The van der Waals surface area contributed by atoms with Gasteiger partial charge in [0.2, 0.25) is 11.8 Å². The Hall–Kier alpha value is -2.70. The van der Waals surface area contributed by atoms with Crippen LogP contribution in [0.25, 0.3) is 10.8 Å². The third-order valence-electron chi connectivity index (χ3n) is 4.22. The average molecular weight is 395 g/mol. The number of amides is 1. The maximum absolute atomic E-state index is 12.8. The van der Waals surface area contributed by atoms with Gasteiger partial charge in [-0.3, -0.25) is 4.79 Å². The molecule has 0 spiro atoms. The number of hydrogen-bond acceptors (Lipinski definition) is 5. The molecule has 0 bridgehead atoms. The van der Waals surface area contributed by atoms with Crippen molar-refractivity contribution >= 4 is 28.6 Å². The molecular weight excluding hydrogens is 376 g/mol. The second kappa shape index (κ2) is 7.90. The van der Waals surface area contributed by atoms with E-state index in [-0.39, 0.29) is 18.4 Å². The van der Waals surface area contributed by atoms with Crippen LogP contribution < -0.4 is 5.32 Å². The van der Waals surface area contributed by atoms with E-state index in [1.807, 2.05) is 72.3 Å². The van der Waals surface area contributed by atoms with Crippen molar-refractivity contribution in [2.75, 3.05) is 0 Å². The number of aryl methyl sites for hydroxylation is 1. The summed E-state index contributed by atoms with van der Waals surface area (Å²) >= 11 is 3.20. The summed E-state index contributed by atoms with van der Waals surface area (Å²) < 4.78 is 5.74. The van der Waals surface area contributed by atoms with Crippen molar-refractivity contribution in [3.8, 4) is 10.8 Å². The highest BCUT2D eigenvalue weighted by atomic mass is 32.1. The van der Waals surface area contributed by atoms with Gasteiger partial charge in [0.15, 0.2) is 0 Å². The summed E-state index contributed by atoms with van der Waals surface area (Å²) in [4.78, 5) is 19.3. The van der Waals surface area contributed by atoms with E-state index in [4.69, 9.17) is 4.42 Å². The van der Waals surface area contributed by atoms with Crippen molar-refractivity contribution in [2.45, 2.75) is 19.4 Å². The lowest BCUT2D eigenvalue weighted by Gasteiger charge is -2.18. The van der Waals surface area contributed by atoms with Crippen LogP contribution in [-0.4, -0.2) is 10.9 Å². The van der Waals surface area contributed by atoms with Gasteiger partial charge in [-0.2, -0.15) is 0 Å². The van der Waals surface area contributed by atoms with Gasteiger partial charge < -0.3 is 9.73 Å². The molecule has 0 aliphatic rings. The molecule has 0 saturated heterocycles. The molecule has 0 fully saturated rings. The molecule has 0 saturated carbocycles. The van der Waals surface area contributed by atoms with Gasteiger partial charge in [0.05, 0.1) is 23.0 Å². The Morgan fingerprint density at radius 2 is 1.85 bits per heavy atom. The largest absolute Gasteiger partial charge is 0.440 e. The number of benzene rings is 1. The number of hydrogen-bond donors (Lipinski definition) is 1. The van der Waals surface area contributed by atoms with Gasteiger partial charge in [-0.05, 0) is 35.4 Å². The number of rotatable bonds is 6. The number of carbonyl (C=O) groups excluding carboxylic acids is 1. The van der Waals surface area contributed by atoms with Gasteiger partial charge in [-0.25, -0.2) is 4.98 Å². The van der Waals surface area contributed by atoms with E-state index in [0.717, 1.165) is 15.3 Å². The normalized spacial score (nSPS) is 12.0. The zero-order chi connectivity index (χ0) is 18.6. The molecule has 136 valence electrons. The van der Waals surface area contributed by atoms with Gasteiger partial charge in [-0.1, -0.05) is 42.5 Å². The molecule has 0 aliphatic heterocycles. The summed E-state index contributed by atoms with van der Waals surface area (Å²) in [7, 11) is 0. The quantitative estimate of drug-likeness (QED) is 0.488. The fourth-order valence-corrected chi connectivity index (χ4v) is 4.33. The molecule has 3 aromatic heterocycles. The molecule has 4 aromatic rings.